The van der Waals surface area contributed by atoms with Gasteiger partial charge in [0.2, 0.25) is 0 Å². The van der Waals surface area contributed by atoms with Crippen molar-refractivity contribution in [2.24, 2.45) is 11.7 Å². The number of pyridine rings is 1. The summed E-state index contributed by atoms with van der Waals surface area (Å²) in [4.78, 5) is 14.5. The van der Waals surface area contributed by atoms with Crippen LogP contribution in [0.1, 0.15) is 30.1 Å². The molecule has 0 saturated carbocycles. The molecule has 0 spiro atoms. The van der Waals surface area contributed by atoms with Crippen molar-refractivity contribution in [2.45, 2.75) is 25.8 Å². The summed E-state index contributed by atoms with van der Waals surface area (Å²) in [6.07, 6.45) is 5.50. The van der Waals surface area contributed by atoms with Gasteiger partial charge in [0.15, 0.2) is 0 Å². The van der Waals surface area contributed by atoms with Crippen LogP contribution in [-0.4, -0.2) is 39.6 Å². The summed E-state index contributed by atoms with van der Waals surface area (Å²) in [5, 5.41) is 4.23. The zero-order valence-electron chi connectivity index (χ0n) is 11.7. The third kappa shape index (κ3) is 2.29. The second-order valence-corrected chi connectivity index (χ2v) is 5.58. The molecule has 1 unspecified atom stereocenters. The van der Waals surface area contributed by atoms with E-state index in [-0.39, 0.29) is 11.9 Å². The van der Waals surface area contributed by atoms with Crippen molar-refractivity contribution in [1.29, 1.82) is 0 Å². The number of carbonyl (C=O) groups excluding carboxylic acids is 1. The van der Waals surface area contributed by atoms with Crippen LogP contribution in [0.25, 0.3) is 5.52 Å². The number of rotatable bonds is 2. The Morgan fingerprint density at radius 2 is 2.15 bits per heavy atom. The van der Waals surface area contributed by atoms with Crippen LogP contribution in [0.2, 0.25) is 0 Å². The molecule has 1 fully saturated rings. The average Bonchev–Trinajstić information content (AvgIpc) is 2.90. The van der Waals surface area contributed by atoms with Gasteiger partial charge >= 0.3 is 0 Å². The number of hydrogen-bond donors (Lipinski definition) is 1. The lowest BCUT2D eigenvalue weighted by Gasteiger charge is -2.33. The fourth-order valence-corrected chi connectivity index (χ4v) is 2.90. The zero-order chi connectivity index (χ0) is 14.1. The average molecular weight is 272 g/mol. The van der Waals surface area contributed by atoms with Gasteiger partial charge in [-0.05, 0) is 37.8 Å². The molecule has 20 heavy (non-hydrogen) atoms. The van der Waals surface area contributed by atoms with Crippen molar-refractivity contribution in [3.63, 3.8) is 0 Å². The number of amides is 1. The zero-order valence-corrected chi connectivity index (χ0v) is 11.7. The molecular weight excluding hydrogens is 252 g/mol. The van der Waals surface area contributed by atoms with E-state index in [0.29, 0.717) is 11.5 Å². The number of fused-ring (bicyclic) bond motifs is 1. The van der Waals surface area contributed by atoms with Gasteiger partial charge in [-0.1, -0.05) is 6.07 Å². The topological polar surface area (TPSA) is 63.6 Å². The Labute approximate surface area is 118 Å². The summed E-state index contributed by atoms with van der Waals surface area (Å²) in [6.45, 7) is 3.62. The van der Waals surface area contributed by atoms with Gasteiger partial charge in [0.25, 0.3) is 5.91 Å². The predicted octanol–water partition coefficient (Wildman–Crippen LogP) is 1.53. The Kier molecular flexibility index (Phi) is 3.44. The molecule has 1 saturated heterocycles. The SMILES string of the molecule is CC(N)C1CCN(C(=O)c2cnn3ccccc23)CC1. The van der Waals surface area contributed by atoms with E-state index >= 15 is 0 Å². The Balaban J connectivity index is 1.77. The molecule has 1 atom stereocenters. The summed E-state index contributed by atoms with van der Waals surface area (Å²) >= 11 is 0. The summed E-state index contributed by atoms with van der Waals surface area (Å²) in [6, 6.07) is 5.97. The minimum absolute atomic E-state index is 0.0781. The van der Waals surface area contributed by atoms with Gasteiger partial charge in [-0.15, -0.1) is 0 Å². The first-order chi connectivity index (χ1) is 9.66. The van der Waals surface area contributed by atoms with E-state index in [1.54, 1.807) is 10.7 Å². The second kappa shape index (κ2) is 5.25. The van der Waals surface area contributed by atoms with Crippen LogP contribution in [0.3, 0.4) is 0 Å². The number of nitrogens with two attached hydrogens (primary N) is 1. The smallest absolute Gasteiger partial charge is 0.257 e. The molecule has 2 aromatic heterocycles. The van der Waals surface area contributed by atoms with Crippen LogP contribution >= 0.6 is 0 Å². The maximum atomic E-state index is 12.6. The number of nitrogens with zero attached hydrogens (tertiary/aromatic N) is 3. The Morgan fingerprint density at radius 3 is 2.85 bits per heavy atom. The van der Waals surface area contributed by atoms with Crippen molar-refractivity contribution in [3.05, 3.63) is 36.2 Å². The molecular formula is C15H20N4O. The quantitative estimate of drug-likeness (QED) is 0.902. The highest BCUT2D eigenvalue weighted by atomic mass is 16.2. The normalized spacial score (nSPS) is 18.4. The van der Waals surface area contributed by atoms with E-state index in [0.717, 1.165) is 31.4 Å². The molecule has 2 N–H and O–H groups in total. The molecule has 5 heteroatoms. The molecule has 0 radical (unpaired) electrons. The van der Waals surface area contributed by atoms with Gasteiger partial charge in [-0.2, -0.15) is 5.10 Å². The number of hydrogen-bond acceptors (Lipinski definition) is 3. The molecule has 3 rings (SSSR count). The van der Waals surface area contributed by atoms with E-state index in [1.165, 1.54) is 0 Å². The fourth-order valence-electron chi connectivity index (χ4n) is 2.90. The van der Waals surface area contributed by atoms with Crippen LogP contribution in [0.4, 0.5) is 0 Å². The molecule has 1 aliphatic heterocycles. The fraction of sp³-hybridized carbons (Fsp3) is 0.467. The van der Waals surface area contributed by atoms with E-state index in [4.69, 9.17) is 5.73 Å². The van der Waals surface area contributed by atoms with E-state index in [1.807, 2.05) is 36.2 Å². The monoisotopic (exact) mass is 272 g/mol. The third-order valence-corrected chi connectivity index (χ3v) is 4.23. The van der Waals surface area contributed by atoms with Gasteiger partial charge < -0.3 is 10.6 Å². The lowest BCUT2D eigenvalue weighted by Crippen LogP contribution is -2.42. The van der Waals surface area contributed by atoms with Crippen LogP contribution in [-0.2, 0) is 0 Å². The Morgan fingerprint density at radius 1 is 1.40 bits per heavy atom. The highest BCUT2D eigenvalue weighted by Crippen LogP contribution is 2.22. The minimum Gasteiger partial charge on any atom is -0.339 e. The summed E-state index contributed by atoms with van der Waals surface area (Å²) < 4.78 is 1.74. The van der Waals surface area contributed by atoms with Crippen LogP contribution < -0.4 is 5.73 Å². The first-order valence-electron chi connectivity index (χ1n) is 7.14. The van der Waals surface area contributed by atoms with Gasteiger partial charge in [0, 0.05) is 25.3 Å². The van der Waals surface area contributed by atoms with E-state index in [2.05, 4.69) is 5.10 Å². The largest absolute Gasteiger partial charge is 0.339 e. The van der Waals surface area contributed by atoms with Gasteiger partial charge in [-0.25, -0.2) is 4.52 Å². The Bertz CT molecular complexity index is 611. The molecule has 106 valence electrons. The van der Waals surface area contributed by atoms with E-state index in [9.17, 15) is 4.79 Å². The number of aromatic nitrogens is 2. The lowest BCUT2D eigenvalue weighted by molar-refractivity contribution is 0.0683. The first-order valence-corrected chi connectivity index (χ1v) is 7.14. The minimum atomic E-state index is 0.0781. The standard InChI is InChI=1S/C15H20N4O/c1-11(16)12-5-8-18(9-6-12)15(20)13-10-17-19-7-3-2-4-14(13)19/h2-4,7,10-12H,5-6,8-9,16H2,1H3. The van der Waals surface area contributed by atoms with Crippen molar-refractivity contribution < 1.29 is 4.79 Å². The van der Waals surface area contributed by atoms with Crippen LogP contribution in [0.5, 0.6) is 0 Å². The van der Waals surface area contributed by atoms with Crippen LogP contribution in [0.15, 0.2) is 30.6 Å². The molecule has 0 aliphatic carbocycles. The molecule has 5 nitrogen and oxygen atoms in total. The van der Waals surface area contributed by atoms with Gasteiger partial charge in [0.05, 0.1) is 17.3 Å². The summed E-state index contributed by atoms with van der Waals surface area (Å²) in [5.41, 5.74) is 7.49. The maximum absolute atomic E-state index is 12.6. The number of carbonyl (C=O) groups is 1. The third-order valence-electron chi connectivity index (χ3n) is 4.23. The molecule has 0 bridgehead atoms. The lowest BCUT2D eigenvalue weighted by atomic mass is 9.91. The molecule has 3 heterocycles. The summed E-state index contributed by atoms with van der Waals surface area (Å²) in [5.74, 6) is 0.609. The van der Waals surface area contributed by atoms with Crippen molar-refractivity contribution in [2.75, 3.05) is 13.1 Å². The molecule has 1 amide bonds. The molecule has 2 aromatic rings. The highest BCUT2D eigenvalue weighted by Gasteiger charge is 2.26. The second-order valence-electron chi connectivity index (χ2n) is 5.58. The first kappa shape index (κ1) is 13.1. The summed E-state index contributed by atoms with van der Waals surface area (Å²) in [7, 11) is 0. The molecule has 0 aromatic carbocycles. The molecule has 1 aliphatic rings. The van der Waals surface area contributed by atoms with Crippen molar-refractivity contribution >= 4 is 11.4 Å². The van der Waals surface area contributed by atoms with Gasteiger partial charge in [-0.3, -0.25) is 4.79 Å². The van der Waals surface area contributed by atoms with E-state index < -0.39 is 0 Å². The highest BCUT2D eigenvalue weighted by molar-refractivity contribution is 6.00. The number of piperidine rings is 1. The van der Waals surface area contributed by atoms with Crippen LogP contribution in [0, 0.1) is 5.92 Å². The number of likely N-dealkylation sites (tertiary alicyclic amines) is 1. The van der Waals surface area contributed by atoms with Crippen molar-refractivity contribution in [3.8, 4) is 0 Å². The Hall–Kier alpha value is -1.88. The predicted molar refractivity (Wildman–Crippen MR) is 77.5 cm³/mol. The van der Waals surface area contributed by atoms with Gasteiger partial charge in [0.1, 0.15) is 0 Å². The maximum Gasteiger partial charge on any atom is 0.257 e. The van der Waals surface area contributed by atoms with Crippen molar-refractivity contribution in [1.82, 2.24) is 14.5 Å².